The SMILES string of the molecule is COc1cc(C(=O)Nc2ccc(C(N)=O)cc2)cc(OC)c1OC. The molecule has 0 heterocycles. The predicted molar refractivity (Wildman–Crippen MR) is 89.0 cm³/mol. The summed E-state index contributed by atoms with van der Waals surface area (Å²) in [6.07, 6.45) is 0. The van der Waals surface area contributed by atoms with Gasteiger partial charge in [0.2, 0.25) is 11.7 Å². The Balaban J connectivity index is 2.27. The number of ether oxygens (including phenoxy) is 3. The minimum Gasteiger partial charge on any atom is -0.493 e. The molecule has 0 radical (unpaired) electrons. The average molecular weight is 330 g/mol. The maximum atomic E-state index is 12.4. The van der Waals surface area contributed by atoms with Crippen molar-refractivity contribution in [2.75, 3.05) is 26.6 Å². The number of benzene rings is 2. The lowest BCUT2D eigenvalue weighted by Crippen LogP contribution is -2.14. The highest BCUT2D eigenvalue weighted by atomic mass is 16.5. The summed E-state index contributed by atoms with van der Waals surface area (Å²) >= 11 is 0. The van der Waals surface area contributed by atoms with E-state index < -0.39 is 5.91 Å². The number of hydrogen-bond acceptors (Lipinski definition) is 5. The van der Waals surface area contributed by atoms with Crippen LogP contribution in [0.3, 0.4) is 0 Å². The van der Waals surface area contributed by atoms with Crippen molar-refractivity contribution in [3.8, 4) is 17.2 Å². The van der Waals surface area contributed by atoms with E-state index in [9.17, 15) is 9.59 Å². The smallest absolute Gasteiger partial charge is 0.255 e. The standard InChI is InChI=1S/C17H18N2O5/c1-22-13-8-11(9-14(23-2)15(13)24-3)17(21)19-12-6-4-10(5-7-12)16(18)20/h4-9H,1-3H3,(H2,18,20)(H,19,21). The maximum absolute atomic E-state index is 12.4. The van der Waals surface area contributed by atoms with E-state index in [1.807, 2.05) is 0 Å². The summed E-state index contributed by atoms with van der Waals surface area (Å²) in [4.78, 5) is 23.5. The Kier molecular flexibility index (Phi) is 5.26. The fourth-order valence-electron chi connectivity index (χ4n) is 2.13. The number of nitrogens with two attached hydrogens (primary N) is 1. The average Bonchev–Trinajstić information content (AvgIpc) is 2.60. The summed E-state index contributed by atoms with van der Waals surface area (Å²) in [6.45, 7) is 0. The van der Waals surface area contributed by atoms with Crippen molar-refractivity contribution >= 4 is 17.5 Å². The van der Waals surface area contributed by atoms with Gasteiger partial charge in [-0.25, -0.2) is 0 Å². The van der Waals surface area contributed by atoms with E-state index in [2.05, 4.69) is 5.32 Å². The molecule has 0 saturated carbocycles. The van der Waals surface area contributed by atoms with Gasteiger partial charge in [-0.3, -0.25) is 9.59 Å². The van der Waals surface area contributed by atoms with Crippen molar-refractivity contribution in [3.63, 3.8) is 0 Å². The van der Waals surface area contributed by atoms with E-state index in [4.69, 9.17) is 19.9 Å². The van der Waals surface area contributed by atoms with E-state index >= 15 is 0 Å². The molecule has 0 fully saturated rings. The summed E-state index contributed by atoms with van der Waals surface area (Å²) in [7, 11) is 4.43. The number of methoxy groups -OCH3 is 3. The third-order valence-electron chi connectivity index (χ3n) is 3.35. The van der Waals surface area contributed by atoms with E-state index in [0.29, 0.717) is 34.1 Å². The molecule has 7 heteroatoms. The summed E-state index contributed by atoms with van der Waals surface area (Å²) in [5.41, 5.74) is 6.41. The van der Waals surface area contributed by atoms with Gasteiger partial charge in [0, 0.05) is 16.8 Å². The van der Waals surface area contributed by atoms with Crippen LogP contribution in [0, 0.1) is 0 Å². The van der Waals surface area contributed by atoms with Crippen molar-refractivity contribution in [3.05, 3.63) is 47.5 Å². The van der Waals surface area contributed by atoms with Gasteiger partial charge in [-0.05, 0) is 36.4 Å². The van der Waals surface area contributed by atoms with E-state index in [1.54, 1.807) is 24.3 Å². The monoisotopic (exact) mass is 330 g/mol. The Labute approximate surface area is 139 Å². The Morgan fingerprint density at radius 2 is 1.42 bits per heavy atom. The lowest BCUT2D eigenvalue weighted by atomic mass is 10.1. The van der Waals surface area contributed by atoms with Crippen LogP contribution in [0.15, 0.2) is 36.4 Å². The van der Waals surface area contributed by atoms with E-state index in [-0.39, 0.29) is 5.91 Å². The van der Waals surface area contributed by atoms with Crippen molar-refractivity contribution < 1.29 is 23.8 Å². The number of amides is 2. The van der Waals surface area contributed by atoms with Crippen LogP contribution < -0.4 is 25.3 Å². The van der Waals surface area contributed by atoms with Gasteiger partial charge in [0.25, 0.3) is 5.91 Å². The van der Waals surface area contributed by atoms with Crippen LogP contribution in [0.2, 0.25) is 0 Å². The Hall–Kier alpha value is -3.22. The fourth-order valence-corrected chi connectivity index (χ4v) is 2.13. The van der Waals surface area contributed by atoms with Gasteiger partial charge in [-0.1, -0.05) is 0 Å². The number of anilines is 1. The van der Waals surface area contributed by atoms with Gasteiger partial charge in [0.1, 0.15) is 0 Å². The number of nitrogens with one attached hydrogen (secondary N) is 1. The number of carbonyl (C=O) groups is 2. The molecule has 0 spiro atoms. The third kappa shape index (κ3) is 3.57. The molecular weight excluding hydrogens is 312 g/mol. The molecule has 0 aromatic heterocycles. The summed E-state index contributed by atoms with van der Waals surface area (Å²) in [5.74, 6) is 0.276. The number of rotatable bonds is 6. The Morgan fingerprint density at radius 3 is 1.83 bits per heavy atom. The minimum atomic E-state index is -0.530. The molecular formula is C17H18N2O5. The maximum Gasteiger partial charge on any atom is 0.255 e. The second-order valence-electron chi connectivity index (χ2n) is 4.81. The topological polar surface area (TPSA) is 99.9 Å². The molecule has 24 heavy (non-hydrogen) atoms. The molecule has 0 atom stereocenters. The van der Waals surface area contributed by atoms with Crippen molar-refractivity contribution in [2.45, 2.75) is 0 Å². The van der Waals surface area contributed by atoms with Crippen LogP contribution in [0.1, 0.15) is 20.7 Å². The zero-order chi connectivity index (χ0) is 17.7. The fraction of sp³-hybridized carbons (Fsp3) is 0.176. The Morgan fingerprint density at radius 1 is 0.875 bits per heavy atom. The normalized spacial score (nSPS) is 9.96. The molecule has 2 aromatic carbocycles. The van der Waals surface area contributed by atoms with Gasteiger partial charge in [-0.2, -0.15) is 0 Å². The zero-order valence-electron chi connectivity index (χ0n) is 13.6. The molecule has 0 aliphatic rings. The van der Waals surface area contributed by atoms with Crippen LogP contribution >= 0.6 is 0 Å². The number of hydrogen-bond donors (Lipinski definition) is 2. The molecule has 0 saturated heterocycles. The van der Waals surface area contributed by atoms with Crippen LogP contribution in [0.4, 0.5) is 5.69 Å². The lowest BCUT2D eigenvalue weighted by Gasteiger charge is -2.14. The van der Waals surface area contributed by atoms with Gasteiger partial charge < -0.3 is 25.3 Å². The Bertz CT molecular complexity index is 731. The van der Waals surface area contributed by atoms with Crippen molar-refractivity contribution in [1.29, 1.82) is 0 Å². The number of carbonyl (C=O) groups excluding carboxylic acids is 2. The van der Waals surface area contributed by atoms with E-state index in [1.165, 1.54) is 33.5 Å². The van der Waals surface area contributed by atoms with Crippen molar-refractivity contribution in [2.24, 2.45) is 5.73 Å². The zero-order valence-corrected chi connectivity index (χ0v) is 13.6. The second kappa shape index (κ2) is 7.36. The first-order chi connectivity index (χ1) is 11.5. The lowest BCUT2D eigenvalue weighted by molar-refractivity contribution is 0.0998. The first-order valence-corrected chi connectivity index (χ1v) is 7.01. The molecule has 0 aliphatic heterocycles. The van der Waals surface area contributed by atoms with Gasteiger partial charge >= 0.3 is 0 Å². The molecule has 126 valence electrons. The molecule has 0 bridgehead atoms. The molecule has 0 aliphatic carbocycles. The predicted octanol–water partition coefficient (Wildman–Crippen LogP) is 2.06. The molecule has 7 nitrogen and oxygen atoms in total. The largest absolute Gasteiger partial charge is 0.493 e. The van der Waals surface area contributed by atoms with Crippen LogP contribution in [-0.2, 0) is 0 Å². The van der Waals surface area contributed by atoms with Crippen LogP contribution in [-0.4, -0.2) is 33.1 Å². The molecule has 2 rings (SSSR count). The third-order valence-corrected chi connectivity index (χ3v) is 3.35. The minimum absolute atomic E-state index is 0.337. The van der Waals surface area contributed by atoms with E-state index in [0.717, 1.165) is 0 Å². The number of primary amides is 1. The first kappa shape index (κ1) is 17.1. The molecule has 2 amide bonds. The van der Waals surface area contributed by atoms with Crippen molar-refractivity contribution in [1.82, 2.24) is 0 Å². The highest BCUT2D eigenvalue weighted by Crippen LogP contribution is 2.38. The highest BCUT2D eigenvalue weighted by molar-refractivity contribution is 6.05. The molecule has 2 aromatic rings. The first-order valence-electron chi connectivity index (χ1n) is 7.01. The van der Waals surface area contributed by atoms with Gasteiger partial charge in [0.15, 0.2) is 11.5 Å². The molecule has 0 unspecified atom stereocenters. The second-order valence-corrected chi connectivity index (χ2v) is 4.81. The molecule has 3 N–H and O–H groups in total. The quantitative estimate of drug-likeness (QED) is 0.844. The summed E-state index contributed by atoms with van der Waals surface area (Å²) < 4.78 is 15.7. The van der Waals surface area contributed by atoms with Gasteiger partial charge in [0.05, 0.1) is 21.3 Å². The summed E-state index contributed by atoms with van der Waals surface area (Å²) in [5, 5.41) is 2.72. The highest BCUT2D eigenvalue weighted by Gasteiger charge is 2.17. The van der Waals surface area contributed by atoms with Crippen LogP contribution in [0.25, 0.3) is 0 Å². The summed E-state index contributed by atoms with van der Waals surface area (Å²) in [6, 6.07) is 9.36. The van der Waals surface area contributed by atoms with Crippen LogP contribution in [0.5, 0.6) is 17.2 Å². The van der Waals surface area contributed by atoms with Gasteiger partial charge in [-0.15, -0.1) is 0 Å².